The van der Waals surface area contributed by atoms with E-state index in [9.17, 15) is 18.4 Å². The number of thioether (sulfide) groups is 2. The van der Waals surface area contributed by atoms with Crippen molar-refractivity contribution in [3.63, 3.8) is 0 Å². The summed E-state index contributed by atoms with van der Waals surface area (Å²) in [7, 11) is 1.49. The molecule has 0 atom stereocenters. The third kappa shape index (κ3) is 9.39. The quantitative estimate of drug-likeness (QED) is 0.142. The number of ether oxygens (including phenoxy) is 3. The molecule has 14 heteroatoms. The number of carbonyl (C=O) groups excluding carboxylic acids is 1. The number of aromatic nitrogens is 3. The molecule has 0 aliphatic carbocycles. The van der Waals surface area contributed by atoms with Crippen molar-refractivity contribution < 1.29 is 37.7 Å². The van der Waals surface area contributed by atoms with Crippen LogP contribution >= 0.6 is 23.5 Å². The van der Waals surface area contributed by atoms with Crippen molar-refractivity contribution in [1.29, 1.82) is 0 Å². The number of anilines is 1. The third-order valence-corrected chi connectivity index (χ3v) is 7.28. The summed E-state index contributed by atoms with van der Waals surface area (Å²) in [5, 5.41) is 11.6. The van der Waals surface area contributed by atoms with Gasteiger partial charge in [-0.1, -0.05) is 12.1 Å². The number of carbonyl (C=O) groups is 2. The normalized spacial score (nSPS) is 10.3. The van der Waals surface area contributed by atoms with Gasteiger partial charge in [-0.15, -0.1) is 23.5 Å². The Labute approximate surface area is 271 Å². The molecule has 0 radical (unpaired) electrons. The summed E-state index contributed by atoms with van der Waals surface area (Å²) >= 11 is 3.08. The molecule has 0 aliphatic rings. The first kappa shape index (κ1) is 33.7. The van der Waals surface area contributed by atoms with E-state index in [0.717, 1.165) is 34.3 Å². The van der Waals surface area contributed by atoms with Crippen molar-refractivity contribution >= 4 is 41.1 Å². The molecule has 0 unspecified atom stereocenters. The lowest BCUT2D eigenvalue weighted by molar-refractivity contribution is 0.0692. The van der Waals surface area contributed by atoms with Crippen LogP contribution in [0.4, 0.5) is 14.5 Å². The number of aromatic carboxylic acids is 1. The summed E-state index contributed by atoms with van der Waals surface area (Å²) in [5.74, 6) is -1.97. The third-order valence-electron chi connectivity index (χ3n) is 5.83. The van der Waals surface area contributed by atoms with Gasteiger partial charge in [0.1, 0.15) is 34.3 Å². The zero-order valence-electron chi connectivity index (χ0n) is 24.6. The molecule has 0 fully saturated rings. The molecule has 2 N–H and O–H groups in total. The van der Waals surface area contributed by atoms with Crippen LogP contribution in [0.3, 0.4) is 0 Å². The molecular formula is C32H26F2N4O6S2. The van der Waals surface area contributed by atoms with E-state index >= 15 is 0 Å². The highest BCUT2D eigenvalue weighted by Gasteiger charge is 2.18. The fourth-order valence-electron chi connectivity index (χ4n) is 3.66. The standard InChI is InChI=1S/C19H16FN3O3S.C13H10FNO3S/c1-25-17-7-6-13(11-21-17)23-18(24)16-8-12(20)10-22-19(16)26-14-4-3-5-15(9-14)27-2;1-19-10-4-2-3-9(6-10)18-12-11(13(16)17)5-8(14)7-15-12/h3-11H,1-2H3,(H,23,24);2-7H,1H3,(H,16,17). The van der Waals surface area contributed by atoms with E-state index in [0.29, 0.717) is 23.1 Å². The Kier molecular flexibility index (Phi) is 11.9. The van der Waals surface area contributed by atoms with Gasteiger partial charge in [-0.3, -0.25) is 4.79 Å². The Morgan fingerprint density at radius 3 is 1.76 bits per heavy atom. The maximum absolute atomic E-state index is 13.7. The smallest absolute Gasteiger partial charge is 0.341 e. The van der Waals surface area contributed by atoms with Gasteiger partial charge in [-0.2, -0.15) is 0 Å². The summed E-state index contributed by atoms with van der Waals surface area (Å²) in [4.78, 5) is 37.1. The van der Waals surface area contributed by atoms with Crippen LogP contribution in [0, 0.1) is 11.6 Å². The van der Waals surface area contributed by atoms with E-state index in [1.807, 2.05) is 36.8 Å². The first-order chi connectivity index (χ1) is 22.2. The largest absolute Gasteiger partial charge is 0.481 e. The molecule has 0 saturated heterocycles. The first-order valence-corrected chi connectivity index (χ1v) is 15.6. The van der Waals surface area contributed by atoms with E-state index in [1.165, 1.54) is 25.1 Å². The summed E-state index contributed by atoms with van der Waals surface area (Å²) in [6.07, 6.45) is 7.21. The molecule has 10 nitrogen and oxygen atoms in total. The van der Waals surface area contributed by atoms with Crippen LogP contribution in [0.25, 0.3) is 0 Å². The number of halogens is 2. The number of nitrogens with zero attached hydrogens (tertiary/aromatic N) is 3. The van der Waals surface area contributed by atoms with Crippen LogP contribution in [0.5, 0.6) is 29.1 Å². The second kappa shape index (κ2) is 16.2. The minimum absolute atomic E-state index is 0.00799. The van der Waals surface area contributed by atoms with Crippen LogP contribution in [0.1, 0.15) is 20.7 Å². The summed E-state index contributed by atoms with van der Waals surface area (Å²) in [6, 6.07) is 19.6. The lowest BCUT2D eigenvalue weighted by Crippen LogP contribution is -2.14. The summed E-state index contributed by atoms with van der Waals surface area (Å²) in [6.45, 7) is 0. The Morgan fingerprint density at radius 2 is 1.28 bits per heavy atom. The highest BCUT2D eigenvalue weighted by atomic mass is 32.2. The van der Waals surface area contributed by atoms with Crippen molar-refractivity contribution in [3.05, 3.63) is 114 Å². The molecular weight excluding hydrogens is 639 g/mol. The lowest BCUT2D eigenvalue weighted by Gasteiger charge is -2.11. The lowest BCUT2D eigenvalue weighted by atomic mass is 10.2. The van der Waals surface area contributed by atoms with Crippen molar-refractivity contribution in [2.75, 3.05) is 24.9 Å². The predicted octanol–water partition coefficient (Wildman–Crippen LogP) is 7.82. The van der Waals surface area contributed by atoms with E-state index in [-0.39, 0.29) is 22.9 Å². The van der Waals surface area contributed by atoms with Gasteiger partial charge in [0, 0.05) is 15.9 Å². The number of amides is 1. The Bertz CT molecular complexity index is 1830. The van der Waals surface area contributed by atoms with E-state index in [2.05, 4.69) is 20.3 Å². The fourth-order valence-corrected chi connectivity index (χ4v) is 4.56. The summed E-state index contributed by atoms with van der Waals surface area (Å²) in [5.41, 5.74) is 0.0929. The van der Waals surface area contributed by atoms with Gasteiger partial charge in [0.2, 0.25) is 17.6 Å². The highest BCUT2D eigenvalue weighted by Crippen LogP contribution is 2.29. The van der Waals surface area contributed by atoms with Gasteiger partial charge < -0.3 is 24.6 Å². The molecule has 0 spiro atoms. The summed E-state index contributed by atoms with van der Waals surface area (Å²) < 4.78 is 42.7. The second-order valence-electron chi connectivity index (χ2n) is 8.92. The monoisotopic (exact) mass is 664 g/mol. The van der Waals surface area contributed by atoms with Gasteiger partial charge in [0.25, 0.3) is 5.91 Å². The molecule has 5 aromatic rings. The van der Waals surface area contributed by atoms with Crippen LogP contribution in [0.15, 0.2) is 101 Å². The molecule has 0 aliphatic heterocycles. The maximum atomic E-state index is 13.7. The molecule has 5 rings (SSSR count). The Balaban J connectivity index is 0.000000222. The van der Waals surface area contributed by atoms with Crippen LogP contribution in [-0.4, -0.2) is 51.6 Å². The predicted molar refractivity (Wildman–Crippen MR) is 171 cm³/mol. The number of benzene rings is 2. The Morgan fingerprint density at radius 1 is 0.739 bits per heavy atom. The van der Waals surface area contributed by atoms with Gasteiger partial charge >= 0.3 is 5.97 Å². The van der Waals surface area contributed by atoms with Gasteiger partial charge in [-0.25, -0.2) is 28.5 Å². The molecule has 2 aromatic carbocycles. The zero-order chi connectivity index (χ0) is 33.1. The van der Waals surface area contributed by atoms with Gasteiger partial charge in [0.15, 0.2) is 0 Å². The number of rotatable bonds is 10. The van der Waals surface area contributed by atoms with E-state index < -0.39 is 23.5 Å². The maximum Gasteiger partial charge on any atom is 0.341 e. The average molecular weight is 665 g/mol. The Hall–Kier alpha value is -5.21. The van der Waals surface area contributed by atoms with Crippen molar-refractivity contribution in [1.82, 2.24) is 15.0 Å². The van der Waals surface area contributed by atoms with Crippen LogP contribution < -0.4 is 19.5 Å². The van der Waals surface area contributed by atoms with Crippen molar-refractivity contribution in [3.8, 4) is 29.1 Å². The minimum atomic E-state index is -1.29. The van der Waals surface area contributed by atoms with Crippen LogP contribution in [0.2, 0.25) is 0 Å². The molecule has 3 heterocycles. The van der Waals surface area contributed by atoms with Gasteiger partial charge in [0.05, 0.1) is 31.4 Å². The number of hydrogen-bond donors (Lipinski definition) is 2. The average Bonchev–Trinajstić information content (AvgIpc) is 3.07. The number of methoxy groups -OCH3 is 1. The van der Waals surface area contributed by atoms with Gasteiger partial charge in [-0.05, 0) is 67.1 Å². The fraction of sp³-hybridized carbons (Fsp3) is 0.0938. The molecule has 0 bridgehead atoms. The SMILES string of the molecule is COc1ccc(NC(=O)c2cc(F)cnc2Oc2cccc(SC)c2)cn1.CSc1cccc(Oc2ncc(F)cc2C(=O)O)c1. The number of carboxylic acid groups (broad SMARTS) is 1. The van der Waals surface area contributed by atoms with E-state index in [1.54, 1.807) is 48.2 Å². The van der Waals surface area contributed by atoms with Crippen molar-refractivity contribution in [2.45, 2.75) is 9.79 Å². The topological polar surface area (TPSA) is 133 Å². The second-order valence-corrected chi connectivity index (χ2v) is 10.7. The van der Waals surface area contributed by atoms with Crippen LogP contribution in [-0.2, 0) is 0 Å². The number of pyridine rings is 3. The molecule has 3 aromatic heterocycles. The molecule has 46 heavy (non-hydrogen) atoms. The van der Waals surface area contributed by atoms with E-state index in [4.69, 9.17) is 19.3 Å². The molecule has 1 amide bonds. The first-order valence-electron chi connectivity index (χ1n) is 13.2. The number of hydrogen-bond acceptors (Lipinski definition) is 10. The molecule has 0 saturated carbocycles. The number of carboxylic acids is 1. The number of nitrogens with one attached hydrogen (secondary N) is 1. The highest BCUT2D eigenvalue weighted by molar-refractivity contribution is 7.98. The van der Waals surface area contributed by atoms with Crippen molar-refractivity contribution in [2.24, 2.45) is 0 Å². The molecule has 236 valence electrons. The minimum Gasteiger partial charge on any atom is -0.481 e. The zero-order valence-corrected chi connectivity index (χ0v) is 26.2.